The predicted molar refractivity (Wildman–Crippen MR) is 279 cm³/mol. The van der Waals surface area contributed by atoms with Crippen molar-refractivity contribution in [2.45, 2.75) is 297 Å². The lowest BCUT2D eigenvalue weighted by molar-refractivity contribution is -0.163. The van der Waals surface area contributed by atoms with Crippen molar-refractivity contribution in [2.75, 3.05) is 19.8 Å². The molecule has 0 aromatic carbocycles. The second kappa shape index (κ2) is 55.2. The number of allylic oxidation sites excluding steroid dienone is 8. The lowest BCUT2D eigenvalue weighted by Gasteiger charge is -2.18. The molecule has 0 aromatic heterocycles. The molecule has 0 aliphatic heterocycles. The Morgan fingerprint density at radius 1 is 0.344 bits per heavy atom. The first-order valence-electron chi connectivity index (χ1n) is 28.2. The van der Waals surface area contributed by atoms with Gasteiger partial charge in [-0.15, -0.1) is 0 Å². The van der Waals surface area contributed by atoms with E-state index in [4.69, 9.17) is 14.2 Å². The van der Waals surface area contributed by atoms with Gasteiger partial charge in [0.1, 0.15) is 6.61 Å². The molecule has 374 valence electrons. The molecule has 0 bridgehead atoms. The van der Waals surface area contributed by atoms with Gasteiger partial charge >= 0.3 is 11.9 Å². The zero-order valence-electron chi connectivity index (χ0n) is 43.1. The van der Waals surface area contributed by atoms with E-state index in [2.05, 4.69) is 69.4 Å². The fraction of sp³-hybridized carbons (Fsp3) is 0.831. The first-order valence-corrected chi connectivity index (χ1v) is 28.2. The number of esters is 2. The maximum absolute atomic E-state index is 12.8. The summed E-state index contributed by atoms with van der Waals surface area (Å²) in [5.41, 5.74) is 0. The first-order chi connectivity index (χ1) is 31.6. The van der Waals surface area contributed by atoms with Crippen LogP contribution in [0.4, 0.5) is 0 Å². The quantitative estimate of drug-likeness (QED) is 0.0346. The number of ether oxygens (including phenoxy) is 3. The van der Waals surface area contributed by atoms with Gasteiger partial charge in [0.25, 0.3) is 0 Å². The van der Waals surface area contributed by atoms with Crippen LogP contribution in [-0.4, -0.2) is 37.9 Å². The van der Waals surface area contributed by atoms with Crippen LogP contribution in [-0.2, 0) is 23.8 Å². The minimum atomic E-state index is -0.540. The lowest BCUT2D eigenvalue weighted by Crippen LogP contribution is -2.30. The van der Waals surface area contributed by atoms with Crippen LogP contribution in [0.3, 0.4) is 0 Å². The van der Waals surface area contributed by atoms with Crippen molar-refractivity contribution >= 4 is 11.9 Å². The minimum absolute atomic E-state index is 0.0822. The van der Waals surface area contributed by atoms with Crippen LogP contribution in [0.5, 0.6) is 0 Å². The Kier molecular flexibility index (Phi) is 53.3. The van der Waals surface area contributed by atoms with E-state index in [0.717, 1.165) is 57.8 Å². The Morgan fingerprint density at radius 3 is 1.06 bits per heavy atom. The molecule has 0 fully saturated rings. The monoisotopic (exact) mass is 897 g/mol. The highest BCUT2D eigenvalue weighted by Crippen LogP contribution is 2.15. The maximum Gasteiger partial charge on any atom is 0.306 e. The van der Waals surface area contributed by atoms with Crippen LogP contribution in [0.1, 0.15) is 290 Å². The minimum Gasteiger partial charge on any atom is -0.462 e. The van der Waals surface area contributed by atoms with Gasteiger partial charge in [0.15, 0.2) is 6.10 Å². The lowest BCUT2D eigenvalue weighted by atomic mass is 10.0. The molecule has 0 saturated heterocycles. The second-order valence-corrected chi connectivity index (χ2v) is 18.8. The van der Waals surface area contributed by atoms with Gasteiger partial charge in [-0.2, -0.15) is 0 Å². The Labute approximate surface area is 399 Å². The molecule has 0 aromatic rings. The van der Waals surface area contributed by atoms with Crippen molar-refractivity contribution in [1.82, 2.24) is 0 Å². The molecule has 1 atom stereocenters. The van der Waals surface area contributed by atoms with Gasteiger partial charge in [-0.1, -0.05) is 243 Å². The molecule has 64 heavy (non-hydrogen) atoms. The zero-order chi connectivity index (χ0) is 46.3. The Morgan fingerprint density at radius 2 is 0.656 bits per heavy atom. The van der Waals surface area contributed by atoms with E-state index < -0.39 is 6.10 Å². The van der Waals surface area contributed by atoms with Crippen LogP contribution in [0.2, 0.25) is 0 Å². The van der Waals surface area contributed by atoms with E-state index in [-0.39, 0.29) is 25.2 Å². The van der Waals surface area contributed by atoms with E-state index in [0.29, 0.717) is 19.4 Å². The number of unbranched alkanes of at least 4 members (excludes halogenated alkanes) is 33. The molecule has 0 N–H and O–H groups in total. The number of rotatable bonds is 52. The van der Waals surface area contributed by atoms with Crippen LogP contribution in [0, 0.1) is 0 Å². The predicted octanol–water partition coefficient (Wildman–Crippen LogP) is 19.1. The van der Waals surface area contributed by atoms with Crippen molar-refractivity contribution in [3.05, 3.63) is 48.6 Å². The molecule has 0 spiro atoms. The standard InChI is InChI=1S/C59H108O5/c1-4-7-10-13-16-19-22-25-27-29-31-33-36-39-42-45-48-51-54-62-55-57(64-59(61)53-50-47-44-41-38-34-24-21-18-15-12-9-6-3)56-63-58(60)52-49-46-43-40-37-35-32-30-28-26-23-20-17-14-11-8-5-2/h16-17,19-20,25-28,57H,4-15,18,21-24,29-56H2,1-3H3/b19-16-,20-17-,27-25-,28-26-. The summed E-state index contributed by atoms with van der Waals surface area (Å²) in [5.74, 6) is -0.395. The molecular formula is C59H108O5. The van der Waals surface area contributed by atoms with Gasteiger partial charge in [-0.25, -0.2) is 0 Å². The van der Waals surface area contributed by atoms with Crippen molar-refractivity contribution in [3.8, 4) is 0 Å². The van der Waals surface area contributed by atoms with Gasteiger partial charge < -0.3 is 14.2 Å². The summed E-state index contributed by atoms with van der Waals surface area (Å²) in [6.45, 7) is 7.80. The van der Waals surface area contributed by atoms with E-state index in [1.165, 1.54) is 199 Å². The highest BCUT2D eigenvalue weighted by Gasteiger charge is 2.17. The molecule has 0 rings (SSSR count). The maximum atomic E-state index is 12.8. The van der Waals surface area contributed by atoms with Crippen LogP contribution >= 0.6 is 0 Å². The molecular weight excluding hydrogens is 789 g/mol. The Balaban J connectivity index is 4.25. The third-order valence-corrected chi connectivity index (χ3v) is 12.3. The van der Waals surface area contributed by atoms with Gasteiger partial charge in [0.05, 0.1) is 6.61 Å². The molecule has 0 heterocycles. The van der Waals surface area contributed by atoms with E-state index >= 15 is 0 Å². The fourth-order valence-electron chi connectivity index (χ4n) is 8.10. The van der Waals surface area contributed by atoms with Gasteiger partial charge in [0, 0.05) is 19.4 Å². The Hall–Kier alpha value is -2.14. The van der Waals surface area contributed by atoms with Gasteiger partial charge in [-0.3, -0.25) is 9.59 Å². The first kappa shape index (κ1) is 61.9. The summed E-state index contributed by atoms with van der Waals surface area (Å²) in [5, 5.41) is 0. The summed E-state index contributed by atoms with van der Waals surface area (Å²) < 4.78 is 17.5. The smallest absolute Gasteiger partial charge is 0.306 e. The molecule has 0 saturated carbocycles. The fourth-order valence-corrected chi connectivity index (χ4v) is 8.10. The van der Waals surface area contributed by atoms with Crippen LogP contribution in [0.25, 0.3) is 0 Å². The molecule has 1 unspecified atom stereocenters. The number of hydrogen-bond acceptors (Lipinski definition) is 5. The summed E-state index contributed by atoms with van der Waals surface area (Å²) in [7, 11) is 0. The molecule has 0 radical (unpaired) electrons. The van der Waals surface area contributed by atoms with Crippen molar-refractivity contribution in [2.24, 2.45) is 0 Å². The van der Waals surface area contributed by atoms with Crippen molar-refractivity contribution in [1.29, 1.82) is 0 Å². The van der Waals surface area contributed by atoms with E-state index in [1.807, 2.05) is 0 Å². The van der Waals surface area contributed by atoms with Gasteiger partial charge in [0.2, 0.25) is 0 Å². The number of carbonyl (C=O) groups is 2. The second-order valence-electron chi connectivity index (χ2n) is 18.8. The highest BCUT2D eigenvalue weighted by molar-refractivity contribution is 5.70. The summed E-state index contributed by atoms with van der Waals surface area (Å²) in [6.07, 6.45) is 68.3. The normalized spacial score (nSPS) is 12.5. The topological polar surface area (TPSA) is 61.8 Å². The zero-order valence-corrected chi connectivity index (χ0v) is 43.1. The molecule has 0 amide bonds. The van der Waals surface area contributed by atoms with Gasteiger partial charge in [-0.05, 0) is 83.5 Å². The van der Waals surface area contributed by atoms with E-state index in [9.17, 15) is 9.59 Å². The average molecular weight is 898 g/mol. The largest absolute Gasteiger partial charge is 0.462 e. The van der Waals surface area contributed by atoms with E-state index in [1.54, 1.807) is 0 Å². The molecule has 5 nitrogen and oxygen atoms in total. The summed E-state index contributed by atoms with van der Waals surface area (Å²) in [4.78, 5) is 25.5. The SMILES string of the molecule is CCCCC/C=C\C/C=C\CCCCCCCCCCOCC(COC(=O)CCCCCCCCC/C=C\C/C=C\CCCCC)OC(=O)CCCCCCCCCCCCCCC. The summed E-state index contributed by atoms with van der Waals surface area (Å²) >= 11 is 0. The van der Waals surface area contributed by atoms with Crippen LogP contribution < -0.4 is 0 Å². The molecule has 0 aliphatic rings. The number of hydrogen-bond donors (Lipinski definition) is 0. The van der Waals surface area contributed by atoms with Crippen molar-refractivity contribution in [3.63, 3.8) is 0 Å². The Bertz CT molecular complexity index is 1060. The number of carbonyl (C=O) groups excluding carboxylic acids is 2. The van der Waals surface area contributed by atoms with Crippen molar-refractivity contribution < 1.29 is 23.8 Å². The third kappa shape index (κ3) is 52.5. The summed E-state index contributed by atoms with van der Waals surface area (Å²) in [6, 6.07) is 0. The average Bonchev–Trinajstić information content (AvgIpc) is 3.30. The molecule has 5 heteroatoms. The third-order valence-electron chi connectivity index (χ3n) is 12.3. The highest BCUT2D eigenvalue weighted by atomic mass is 16.6. The molecule has 0 aliphatic carbocycles. The van der Waals surface area contributed by atoms with Crippen LogP contribution in [0.15, 0.2) is 48.6 Å².